The summed E-state index contributed by atoms with van der Waals surface area (Å²) in [4.78, 5) is 11.5. The fourth-order valence-corrected chi connectivity index (χ4v) is 2.59. The number of rotatable bonds is 0. The fraction of sp³-hybridized carbons (Fsp3) is 0.889. The highest BCUT2D eigenvalue weighted by molar-refractivity contribution is 5.85. The normalized spacial score (nSPS) is 34.6. The molecule has 2 rings (SSSR count). The summed E-state index contributed by atoms with van der Waals surface area (Å²) >= 11 is 0. The van der Waals surface area contributed by atoms with Crippen LogP contribution in [-0.2, 0) is 4.79 Å². The molecular formula is C9H15NO. The van der Waals surface area contributed by atoms with Gasteiger partial charge in [-0.15, -0.1) is 0 Å². The summed E-state index contributed by atoms with van der Waals surface area (Å²) in [6, 6.07) is 0.417. The van der Waals surface area contributed by atoms with Crippen LogP contribution in [0.1, 0.15) is 39.0 Å². The van der Waals surface area contributed by atoms with Crippen molar-refractivity contribution in [3.05, 3.63) is 0 Å². The van der Waals surface area contributed by atoms with Crippen molar-refractivity contribution in [2.24, 2.45) is 5.41 Å². The predicted octanol–water partition coefficient (Wildman–Crippen LogP) is 1.46. The molecule has 2 nitrogen and oxygen atoms in total. The molecule has 0 radical (unpaired) electrons. The number of nitrogens with one attached hydrogen (secondary N) is 1. The van der Waals surface area contributed by atoms with E-state index in [-0.39, 0.29) is 5.41 Å². The SMILES string of the molecule is C[C@@H]1CC2(CCCC2)C(=O)N1. The molecule has 2 fully saturated rings. The second-order valence-corrected chi connectivity index (χ2v) is 4.07. The Balaban J connectivity index is 2.18. The molecule has 11 heavy (non-hydrogen) atoms. The zero-order chi connectivity index (χ0) is 7.90. The van der Waals surface area contributed by atoms with Crippen LogP contribution < -0.4 is 5.32 Å². The highest BCUT2D eigenvalue weighted by atomic mass is 16.2. The van der Waals surface area contributed by atoms with Gasteiger partial charge < -0.3 is 5.32 Å². The minimum Gasteiger partial charge on any atom is -0.353 e. The third-order valence-electron chi connectivity index (χ3n) is 3.12. The maximum Gasteiger partial charge on any atom is 0.226 e. The standard InChI is InChI=1S/C9H15NO/c1-7-6-9(8(11)10-7)4-2-3-5-9/h7H,2-6H2,1H3,(H,10,11)/t7-/m1/s1. The first-order chi connectivity index (χ1) is 5.23. The Bertz CT molecular complexity index is 182. The molecule has 0 bridgehead atoms. The second-order valence-electron chi connectivity index (χ2n) is 4.07. The lowest BCUT2D eigenvalue weighted by Gasteiger charge is -2.17. The topological polar surface area (TPSA) is 29.1 Å². The van der Waals surface area contributed by atoms with Crippen LogP contribution in [0.4, 0.5) is 0 Å². The summed E-state index contributed by atoms with van der Waals surface area (Å²) < 4.78 is 0. The van der Waals surface area contributed by atoms with E-state index < -0.39 is 0 Å². The number of carbonyl (C=O) groups is 1. The summed E-state index contributed by atoms with van der Waals surface area (Å²) in [6.45, 7) is 2.10. The Morgan fingerprint density at radius 3 is 2.55 bits per heavy atom. The maximum absolute atomic E-state index is 11.5. The quantitative estimate of drug-likeness (QED) is 0.560. The Labute approximate surface area is 67.4 Å². The first kappa shape index (κ1) is 7.14. The highest BCUT2D eigenvalue weighted by Gasteiger charge is 2.46. The molecule has 2 heteroatoms. The van der Waals surface area contributed by atoms with Crippen molar-refractivity contribution in [1.29, 1.82) is 0 Å². The van der Waals surface area contributed by atoms with E-state index in [1.54, 1.807) is 0 Å². The van der Waals surface area contributed by atoms with Crippen molar-refractivity contribution in [1.82, 2.24) is 5.32 Å². The zero-order valence-corrected chi connectivity index (χ0v) is 7.02. The average Bonchev–Trinajstić information content (AvgIpc) is 2.45. The first-order valence-electron chi connectivity index (χ1n) is 4.54. The van der Waals surface area contributed by atoms with Crippen LogP contribution in [0.5, 0.6) is 0 Å². The lowest BCUT2D eigenvalue weighted by molar-refractivity contribution is -0.127. The molecule has 0 aromatic heterocycles. The molecular weight excluding hydrogens is 138 g/mol. The fourth-order valence-electron chi connectivity index (χ4n) is 2.59. The van der Waals surface area contributed by atoms with Crippen LogP contribution in [0.25, 0.3) is 0 Å². The Morgan fingerprint density at radius 1 is 1.45 bits per heavy atom. The molecule has 1 saturated carbocycles. The molecule has 2 aliphatic rings. The molecule has 1 atom stereocenters. The van der Waals surface area contributed by atoms with Crippen LogP contribution in [-0.4, -0.2) is 11.9 Å². The van der Waals surface area contributed by atoms with Gasteiger partial charge in [0.15, 0.2) is 0 Å². The molecule has 0 aromatic carbocycles. The van der Waals surface area contributed by atoms with E-state index in [4.69, 9.17) is 0 Å². The van der Waals surface area contributed by atoms with Gasteiger partial charge >= 0.3 is 0 Å². The summed E-state index contributed by atoms with van der Waals surface area (Å²) in [6.07, 6.45) is 5.83. The van der Waals surface area contributed by atoms with Crippen LogP contribution in [0.2, 0.25) is 0 Å². The van der Waals surface area contributed by atoms with Gasteiger partial charge in [0.25, 0.3) is 0 Å². The number of carbonyl (C=O) groups excluding carboxylic acids is 1. The zero-order valence-electron chi connectivity index (χ0n) is 7.02. The van der Waals surface area contributed by atoms with E-state index in [1.165, 1.54) is 12.8 Å². The Hall–Kier alpha value is -0.530. The lowest BCUT2D eigenvalue weighted by Crippen LogP contribution is -2.29. The van der Waals surface area contributed by atoms with Gasteiger partial charge in [-0.2, -0.15) is 0 Å². The second kappa shape index (κ2) is 2.23. The van der Waals surface area contributed by atoms with E-state index in [1.807, 2.05) is 0 Å². The van der Waals surface area contributed by atoms with Crippen molar-refractivity contribution < 1.29 is 4.79 Å². The molecule has 1 aliphatic carbocycles. The molecule has 0 aromatic rings. The van der Waals surface area contributed by atoms with Gasteiger partial charge in [-0.25, -0.2) is 0 Å². The molecule has 1 spiro atoms. The Morgan fingerprint density at radius 2 is 2.09 bits per heavy atom. The van der Waals surface area contributed by atoms with Gasteiger partial charge in [0.2, 0.25) is 5.91 Å². The maximum atomic E-state index is 11.5. The molecule has 1 amide bonds. The van der Waals surface area contributed by atoms with E-state index in [0.29, 0.717) is 11.9 Å². The van der Waals surface area contributed by atoms with Crippen LogP contribution in [0.15, 0.2) is 0 Å². The lowest BCUT2D eigenvalue weighted by atomic mass is 9.83. The van der Waals surface area contributed by atoms with Crippen molar-refractivity contribution >= 4 is 5.91 Å². The molecule has 1 heterocycles. The molecule has 1 N–H and O–H groups in total. The van der Waals surface area contributed by atoms with E-state index in [0.717, 1.165) is 19.3 Å². The number of hydrogen-bond donors (Lipinski definition) is 1. The summed E-state index contributed by atoms with van der Waals surface area (Å²) in [5.74, 6) is 0.322. The van der Waals surface area contributed by atoms with Gasteiger partial charge in [-0.3, -0.25) is 4.79 Å². The van der Waals surface area contributed by atoms with Gasteiger partial charge in [-0.05, 0) is 26.2 Å². The summed E-state index contributed by atoms with van der Waals surface area (Å²) in [5.41, 5.74) is 0.0689. The number of hydrogen-bond acceptors (Lipinski definition) is 1. The summed E-state index contributed by atoms with van der Waals surface area (Å²) in [7, 11) is 0. The summed E-state index contributed by atoms with van der Waals surface area (Å²) in [5, 5.41) is 3.01. The van der Waals surface area contributed by atoms with Crippen molar-refractivity contribution in [2.45, 2.75) is 45.1 Å². The van der Waals surface area contributed by atoms with E-state index in [9.17, 15) is 4.79 Å². The van der Waals surface area contributed by atoms with E-state index in [2.05, 4.69) is 12.2 Å². The largest absolute Gasteiger partial charge is 0.353 e. The molecule has 0 unspecified atom stereocenters. The van der Waals surface area contributed by atoms with Crippen molar-refractivity contribution in [2.75, 3.05) is 0 Å². The monoisotopic (exact) mass is 153 g/mol. The minimum absolute atomic E-state index is 0.0689. The van der Waals surface area contributed by atoms with Gasteiger partial charge in [0, 0.05) is 6.04 Å². The molecule has 62 valence electrons. The van der Waals surface area contributed by atoms with Crippen LogP contribution in [0.3, 0.4) is 0 Å². The molecule has 1 aliphatic heterocycles. The van der Waals surface area contributed by atoms with Crippen LogP contribution >= 0.6 is 0 Å². The average molecular weight is 153 g/mol. The van der Waals surface area contributed by atoms with Gasteiger partial charge in [-0.1, -0.05) is 12.8 Å². The highest BCUT2D eigenvalue weighted by Crippen LogP contribution is 2.45. The van der Waals surface area contributed by atoms with Crippen LogP contribution in [0, 0.1) is 5.41 Å². The molecule has 1 saturated heterocycles. The third-order valence-corrected chi connectivity index (χ3v) is 3.12. The minimum atomic E-state index is 0.0689. The third kappa shape index (κ3) is 0.959. The Kier molecular flexibility index (Phi) is 1.44. The van der Waals surface area contributed by atoms with Gasteiger partial charge in [0.05, 0.1) is 5.41 Å². The van der Waals surface area contributed by atoms with Crippen molar-refractivity contribution in [3.63, 3.8) is 0 Å². The number of amides is 1. The van der Waals surface area contributed by atoms with E-state index >= 15 is 0 Å². The predicted molar refractivity (Wildman–Crippen MR) is 43.1 cm³/mol. The van der Waals surface area contributed by atoms with Crippen molar-refractivity contribution in [3.8, 4) is 0 Å². The smallest absolute Gasteiger partial charge is 0.226 e. The van der Waals surface area contributed by atoms with Gasteiger partial charge in [0.1, 0.15) is 0 Å². The first-order valence-corrected chi connectivity index (χ1v) is 4.54.